The molecule has 10 aromatic carbocycles. The Hall–Kier alpha value is -9.24. The molecule has 2 aliphatic heterocycles. The van der Waals surface area contributed by atoms with Gasteiger partial charge in [-0.1, -0.05) is 170 Å². The minimum Gasteiger partial charge on any atom is -0.293 e. The number of hydrogen-bond acceptors (Lipinski definition) is 4. The maximum absolute atomic E-state index is 5.19. The molecule has 0 atom stereocenters. The zero-order valence-electron chi connectivity index (χ0n) is 41.2. The van der Waals surface area contributed by atoms with Gasteiger partial charge in [-0.05, 0) is 126 Å². The molecule has 0 N–H and O–H groups in total. The number of fused-ring (bicyclic) bond motifs is 26. The fourth-order valence-corrected chi connectivity index (χ4v) is 22.0. The molecule has 18 rings (SSSR count). The van der Waals surface area contributed by atoms with Crippen LogP contribution in [0.3, 0.4) is 0 Å². The second-order valence-corrected chi connectivity index (χ2v) is 26.4. The van der Waals surface area contributed by atoms with Crippen LogP contribution >= 0.6 is 22.7 Å². The number of thiophene rings is 2. The van der Waals surface area contributed by atoms with Crippen molar-refractivity contribution in [2.75, 3.05) is 0 Å². The minimum atomic E-state index is -3.18. The van der Waals surface area contributed by atoms with Gasteiger partial charge in [0.2, 0.25) is 0 Å². The average molecular weight is 1030 g/mol. The summed E-state index contributed by atoms with van der Waals surface area (Å²) in [6, 6.07) is 87.2. The van der Waals surface area contributed by atoms with Crippen molar-refractivity contribution in [3.63, 3.8) is 0 Å². The first-order valence-corrected chi connectivity index (χ1v) is 29.9. The highest BCUT2D eigenvalue weighted by Crippen LogP contribution is 2.49. The number of para-hydroxylation sites is 4. The maximum atomic E-state index is 5.19. The van der Waals surface area contributed by atoms with E-state index in [2.05, 4.69) is 240 Å². The lowest BCUT2D eigenvalue weighted by Crippen LogP contribution is -2.75. The van der Waals surface area contributed by atoms with E-state index in [4.69, 9.17) is 9.97 Å². The molecule has 0 saturated carbocycles. The lowest BCUT2D eigenvalue weighted by molar-refractivity contribution is 1.10. The predicted octanol–water partition coefficient (Wildman–Crippen LogP) is 16.1. The van der Waals surface area contributed by atoms with Crippen molar-refractivity contribution in [2.45, 2.75) is 0 Å². The van der Waals surface area contributed by atoms with Gasteiger partial charge in [0.05, 0.1) is 31.5 Å². The first kappa shape index (κ1) is 42.0. The Kier molecular flexibility index (Phi) is 8.43. The van der Waals surface area contributed by atoms with Crippen LogP contribution < -0.4 is 20.7 Å². The average Bonchev–Trinajstić information content (AvgIpc) is 4.40. The molecule has 1 spiro atoms. The number of aromatic nitrogens is 4. The topological polar surface area (TPSA) is 35.6 Å². The van der Waals surface area contributed by atoms with Crippen LogP contribution in [0.2, 0.25) is 0 Å². The predicted molar refractivity (Wildman–Crippen MR) is 329 cm³/mol. The van der Waals surface area contributed by atoms with Crippen molar-refractivity contribution in [3.8, 4) is 56.1 Å². The summed E-state index contributed by atoms with van der Waals surface area (Å²) < 4.78 is 9.66. The number of benzene rings is 10. The number of rotatable bonds is 2. The van der Waals surface area contributed by atoms with Crippen LogP contribution in [-0.4, -0.2) is 27.2 Å². The molecule has 0 amide bonds. The zero-order chi connectivity index (χ0) is 50.1. The van der Waals surface area contributed by atoms with Crippen LogP contribution in [0.15, 0.2) is 243 Å². The van der Waals surface area contributed by atoms with Crippen LogP contribution in [0, 0.1) is 0 Å². The molecule has 0 fully saturated rings. The molecule has 4 nitrogen and oxygen atoms in total. The van der Waals surface area contributed by atoms with Crippen LogP contribution in [0.4, 0.5) is 0 Å². The fraction of sp³-hybridized carbons (Fsp3) is 0. The zero-order valence-corrected chi connectivity index (χ0v) is 43.8. The summed E-state index contributed by atoms with van der Waals surface area (Å²) in [6.07, 6.45) is 4.02. The molecule has 8 heterocycles. The molecular weight excluding hydrogens is 989 g/mol. The van der Waals surface area contributed by atoms with E-state index in [0.717, 1.165) is 11.6 Å². The van der Waals surface area contributed by atoms with Gasteiger partial charge in [0.25, 0.3) is 0 Å². The molecule has 0 bridgehead atoms. The molecule has 7 heteroatoms. The summed E-state index contributed by atoms with van der Waals surface area (Å²) in [6.45, 7) is 0. The Morgan fingerprint density at radius 2 is 0.571 bits per heavy atom. The number of nitrogens with zero attached hydrogens (tertiary/aromatic N) is 4. The SMILES string of the molecule is c1ccc2c(c1)-c1cc3sc4c(-n5c6ccccc6c6ccccc65)nccc4c3cc1-c1ccccc1[Si]21c2ccccc2-c2cc3sc4c(-n5c6ccccc6c6ccccc65)nccc4c3cc2-c2ccccc21. The van der Waals surface area contributed by atoms with Gasteiger partial charge < -0.3 is 0 Å². The van der Waals surface area contributed by atoms with Crippen LogP contribution in [-0.2, 0) is 0 Å². The van der Waals surface area contributed by atoms with Crippen molar-refractivity contribution < 1.29 is 0 Å². The van der Waals surface area contributed by atoms with Gasteiger partial charge >= 0.3 is 0 Å². The van der Waals surface area contributed by atoms with Gasteiger partial charge in [-0.2, -0.15) is 0 Å². The second kappa shape index (κ2) is 15.4. The molecule has 0 saturated heterocycles. The normalized spacial score (nSPS) is 13.3. The van der Waals surface area contributed by atoms with Gasteiger partial charge in [-0.3, -0.25) is 9.13 Å². The maximum Gasteiger partial charge on any atom is 0.182 e. The Morgan fingerprint density at radius 3 is 0.922 bits per heavy atom. The molecule has 0 radical (unpaired) electrons. The number of pyridine rings is 2. The van der Waals surface area contributed by atoms with Crippen molar-refractivity contribution in [1.29, 1.82) is 0 Å². The highest BCUT2D eigenvalue weighted by molar-refractivity contribution is 7.27. The Balaban J connectivity index is 0.892. The highest BCUT2D eigenvalue weighted by atomic mass is 32.1. The molecule has 16 aromatic rings. The van der Waals surface area contributed by atoms with E-state index in [1.165, 1.54) is 149 Å². The first-order valence-electron chi connectivity index (χ1n) is 26.3. The third-order valence-corrected chi connectivity index (χ3v) is 24.4. The largest absolute Gasteiger partial charge is 0.293 e. The molecule has 2 aliphatic rings. The van der Waals surface area contributed by atoms with Crippen LogP contribution in [0.5, 0.6) is 0 Å². The van der Waals surface area contributed by atoms with Crippen molar-refractivity contribution in [3.05, 3.63) is 243 Å². The molecule has 0 aliphatic carbocycles. The Labute approximate surface area is 450 Å². The first-order chi connectivity index (χ1) is 38.2. The van der Waals surface area contributed by atoms with E-state index >= 15 is 0 Å². The Morgan fingerprint density at radius 1 is 0.273 bits per heavy atom. The molecular formula is C70H40N4S2Si. The monoisotopic (exact) mass is 1030 g/mol. The standard InChI is InChI=1S/C70H40N4S2Si/c1-9-25-57-41(17-1)42-18-2-10-26-58(42)73(57)69-67-49(33-35-71-69)55-37-51-45-21-5-13-29-63(45)77(65-31-15-7-23-47(65)53(51)39-61(55)75-67)64-30-14-6-22-46(64)52-38-56-50-34-36-72-70(68(50)76-62(56)40-54(52)48-24-8-16-32-66(48)77)74-59-27-11-3-19-43(59)44-20-4-12-28-60(44)74/h1-40H. The molecule has 6 aromatic heterocycles. The second-order valence-electron chi connectivity index (χ2n) is 20.7. The van der Waals surface area contributed by atoms with Crippen molar-refractivity contribution in [2.24, 2.45) is 0 Å². The van der Waals surface area contributed by atoms with E-state index in [9.17, 15) is 0 Å². The van der Waals surface area contributed by atoms with E-state index in [0.29, 0.717) is 0 Å². The lowest BCUT2D eigenvalue weighted by atomic mass is 9.93. The minimum absolute atomic E-state index is 0.975. The summed E-state index contributed by atoms with van der Waals surface area (Å²) in [4.78, 5) is 10.4. The van der Waals surface area contributed by atoms with Crippen LogP contribution in [0.1, 0.15) is 0 Å². The third kappa shape index (κ3) is 5.44. The quantitative estimate of drug-likeness (QED) is 0.162. The summed E-state index contributed by atoms with van der Waals surface area (Å²) in [5, 5.41) is 15.6. The Bertz CT molecular complexity index is 4830. The number of hydrogen-bond donors (Lipinski definition) is 0. The van der Waals surface area contributed by atoms with Gasteiger partial charge in [-0.15, -0.1) is 22.7 Å². The van der Waals surface area contributed by atoms with E-state index in [1.807, 2.05) is 35.1 Å². The van der Waals surface area contributed by atoms with Gasteiger partial charge in [0.1, 0.15) is 0 Å². The van der Waals surface area contributed by atoms with E-state index in [1.54, 1.807) is 0 Å². The highest BCUT2D eigenvalue weighted by Gasteiger charge is 2.50. The third-order valence-electron chi connectivity index (χ3n) is 17.1. The smallest absolute Gasteiger partial charge is 0.182 e. The van der Waals surface area contributed by atoms with E-state index < -0.39 is 8.07 Å². The van der Waals surface area contributed by atoms with Crippen molar-refractivity contribution in [1.82, 2.24) is 19.1 Å². The van der Waals surface area contributed by atoms with Gasteiger partial charge in [-0.25, -0.2) is 9.97 Å². The van der Waals surface area contributed by atoms with Crippen LogP contribution in [0.25, 0.3) is 140 Å². The fourth-order valence-electron chi connectivity index (χ4n) is 14.0. The van der Waals surface area contributed by atoms with Crippen molar-refractivity contribution >= 4 is 135 Å². The molecule has 0 unspecified atom stereocenters. The summed E-state index contributed by atoms with van der Waals surface area (Å²) >= 11 is 3.73. The lowest BCUT2D eigenvalue weighted by Gasteiger charge is -2.37. The van der Waals surface area contributed by atoms with E-state index in [-0.39, 0.29) is 0 Å². The summed E-state index contributed by atoms with van der Waals surface area (Å²) in [5.41, 5.74) is 15.0. The summed E-state index contributed by atoms with van der Waals surface area (Å²) in [5.74, 6) is 1.95. The van der Waals surface area contributed by atoms with Gasteiger partial charge in [0.15, 0.2) is 19.7 Å². The van der Waals surface area contributed by atoms with Gasteiger partial charge in [0, 0.05) is 64.9 Å². The molecule has 356 valence electrons. The molecule has 77 heavy (non-hydrogen) atoms. The summed E-state index contributed by atoms with van der Waals surface area (Å²) in [7, 11) is -3.18.